The van der Waals surface area contributed by atoms with Crippen LogP contribution in [0, 0.1) is 0 Å². The van der Waals surface area contributed by atoms with Crippen molar-refractivity contribution in [3.63, 3.8) is 0 Å². The molecule has 0 unspecified atom stereocenters. The Labute approximate surface area is 171 Å². The van der Waals surface area contributed by atoms with Crippen molar-refractivity contribution < 1.29 is 9.53 Å². The predicted octanol–water partition coefficient (Wildman–Crippen LogP) is 4.75. The van der Waals surface area contributed by atoms with Crippen LogP contribution in [0.3, 0.4) is 0 Å². The predicted molar refractivity (Wildman–Crippen MR) is 110 cm³/mol. The number of halogens is 1. The topological polar surface area (TPSA) is 68.2 Å². The Morgan fingerprint density at radius 1 is 1.21 bits per heavy atom. The molecule has 4 rings (SSSR count). The van der Waals surface area contributed by atoms with E-state index in [1.165, 1.54) is 11.8 Å². The number of ether oxygens (including phenoxy) is 1. The van der Waals surface area contributed by atoms with Crippen molar-refractivity contribution in [2.24, 2.45) is 0 Å². The van der Waals surface area contributed by atoms with Gasteiger partial charge < -0.3 is 4.74 Å². The van der Waals surface area contributed by atoms with Crippen LogP contribution < -0.4 is 9.64 Å². The lowest BCUT2D eigenvalue weighted by Gasteiger charge is -2.30. The summed E-state index contributed by atoms with van der Waals surface area (Å²) < 4.78 is 6.28. The van der Waals surface area contributed by atoms with Crippen LogP contribution in [0.15, 0.2) is 53.7 Å². The van der Waals surface area contributed by atoms with Crippen molar-refractivity contribution in [2.45, 2.75) is 24.7 Å². The number of hydrogen-bond donors (Lipinski definition) is 0. The Bertz CT molecular complexity index is 1050. The number of thioether (sulfide) groups is 1. The van der Waals surface area contributed by atoms with Gasteiger partial charge in [0.15, 0.2) is 5.69 Å². The Morgan fingerprint density at radius 3 is 2.79 bits per heavy atom. The van der Waals surface area contributed by atoms with Crippen LogP contribution in [0.2, 0.25) is 5.02 Å². The van der Waals surface area contributed by atoms with Gasteiger partial charge in [0.2, 0.25) is 23.2 Å². The summed E-state index contributed by atoms with van der Waals surface area (Å²) in [4.78, 5) is 19.1. The highest BCUT2D eigenvalue weighted by Gasteiger charge is 2.35. The molecule has 0 radical (unpaired) electrons. The van der Waals surface area contributed by atoms with Gasteiger partial charge >= 0.3 is 0 Å². The minimum atomic E-state index is -0.722. The zero-order valence-corrected chi connectivity index (χ0v) is 16.9. The first-order valence-electron chi connectivity index (χ1n) is 8.74. The van der Waals surface area contributed by atoms with E-state index in [0.717, 1.165) is 11.1 Å². The van der Waals surface area contributed by atoms with Crippen LogP contribution in [-0.4, -0.2) is 27.3 Å². The average Bonchev–Trinajstić information content (AvgIpc) is 2.87. The number of anilines is 1. The Hall–Kier alpha value is -2.64. The van der Waals surface area contributed by atoms with Crippen LogP contribution in [0.1, 0.15) is 25.1 Å². The molecule has 1 amide bonds. The molecule has 2 heterocycles. The standard InChI is InChI=1S/C20H17ClN4O2S/c1-3-16(26)25-15-10-5-4-9-14(15)17-18(22-20(28-2)24-23-17)27-19(25)12-7-6-8-13(21)11-12/h4-11,19H,3H2,1-2H3/t19-/m1/s1. The Kier molecular flexibility index (Phi) is 5.19. The van der Waals surface area contributed by atoms with Gasteiger partial charge in [-0.3, -0.25) is 9.69 Å². The number of aromatic nitrogens is 3. The highest BCUT2D eigenvalue weighted by atomic mass is 35.5. The smallest absolute Gasteiger partial charge is 0.247 e. The number of amides is 1. The quantitative estimate of drug-likeness (QED) is 0.578. The number of benzene rings is 2. The maximum absolute atomic E-state index is 13.0. The van der Waals surface area contributed by atoms with Crippen molar-refractivity contribution >= 4 is 35.0 Å². The van der Waals surface area contributed by atoms with Crippen molar-refractivity contribution in [1.29, 1.82) is 0 Å². The first-order valence-corrected chi connectivity index (χ1v) is 10.3. The zero-order chi connectivity index (χ0) is 19.7. The van der Waals surface area contributed by atoms with E-state index in [9.17, 15) is 4.79 Å². The van der Waals surface area contributed by atoms with Gasteiger partial charge in [-0.1, -0.05) is 60.6 Å². The number of hydrogen-bond acceptors (Lipinski definition) is 6. The third-order valence-corrected chi connectivity index (χ3v) is 5.17. The van der Waals surface area contributed by atoms with Crippen LogP contribution in [0.4, 0.5) is 5.69 Å². The number of para-hydroxylation sites is 1. The number of rotatable bonds is 3. The van der Waals surface area contributed by atoms with Crippen LogP contribution in [0.25, 0.3) is 11.3 Å². The first kappa shape index (κ1) is 18.7. The second-order valence-electron chi connectivity index (χ2n) is 6.11. The summed E-state index contributed by atoms with van der Waals surface area (Å²) in [7, 11) is 0. The van der Waals surface area contributed by atoms with Gasteiger partial charge in [-0.2, -0.15) is 4.98 Å². The summed E-state index contributed by atoms with van der Waals surface area (Å²) >= 11 is 7.59. The van der Waals surface area contributed by atoms with E-state index < -0.39 is 6.23 Å². The van der Waals surface area contributed by atoms with E-state index in [1.54, 1.807) is 17.0 Å². The van der Waals surface area contributed by atoms with Crippen molar-refractivity contribution in [2.75, 3.05) is 11.2 Å². The van der Waals surface area contributed by atoms with Crippen LogP contribution in [-0.2, 0) is 4.79 Å². The molecular formula is C20H17ClN4O2S. The van der Waals surface area contributed by atoms with Crippen molar-refractivity contribution in [3.8, 4) is 17.1 Å². The lowest BCUT2D eigenvalue weighted by molar-refractivity contribution is -0.120. The monoisotopic (exact) mass is 412 g/mol. The molecule has 142 valence electrons. The summed E-state index contributed by atoms with van der Waals surface area (Å²) in [6.45, 7) is 1.82. The minimum Gasteiger partial charge on any atom is -0.447 e. The molecule has 8 heteroatoms. The molecule has 1 aliphatic heterocycles. The number of carbonyl (C=O) groups is 1. The summed E-state index contributed by atoms with van der Waals surface area (Å²) in [5.41, 5.74) is 2.70. The number of nitrogens with zero attached hydrogens (tertiary/aromatic N) is 4. The second-order valence-corrected chi connectivity index (χ2v) is 7.32. The molecule has 1 aliphatic rings. The van der Waals surface area contributed by atoms with E-state index in [2.05, 4.69) is 15.2 Å². The van der Waals surface area contributed by atoms with Crippen molar-refractivity contribution in [1.82, 2.24) is 15.2 Å². The van der Waals surface area contributed by atoms with E-state index in [0.29, 0.717) is 33.9 Å². The maximum atomic E-state index is 13.0. The number of carbonyl (C=O) groups excluding carboxylic acids is 1. The molecule has 0 bridgehead atoms. The van der Waals surface area contributed by atoms with Gasteiger partial charge in [-0.15, -0.1) is 10.2 Å². The summed E-state index contributed by atoms with van der Waals surface area (Å²) in [5.74, 6) is 0.256. The molecule has 0 fully saturated rings. The lowest BCUT2D eigenvalue weighted by atomic mass is 10.1. The van der Waals surface area contributed by atoms with Gasteiger partial charge in [0.05, 0.1) is 5.69 Å². The molecule has 0 saturated heterocycles. The van der Waals surface area contributed by atoms with Gasteiger partial charge in [-0.05, 0) is 24.5 Å². The van der Waals surface area contributed by atoms with Crippen molar-refractivity contribution in [3.05, 3.63) is 59.1 Å². The molecule has 2 aromatic carbocycles. The summed E-state index contributed by atoms with van der Waals surface area (Å²) in [6, 6.07) is 14.8. The fourth-order valence-electron chi connectivity index (χ4n) is 3.12. The molecule has 0 spiro atoms. The van der Waals surface area contributed by atoms with E-state index in [4.69, 9.17) is 16.3 Å². The molecule has 0 aliphatic carbocycles. The zero-order valence-electron chi connectivity index (χ0n) is 15.3. The lowest BCUT2D eigenvalue weighted by Crippen LogP contribution is -2.37. The molecule has 1 atom stereocenters. The highest BCUT2D eigenvalue weighted by Crippen LogP contribution is 2.43. The molecule has 6 nitrogen and oxygen atoms in total. The third kappa shape index (κ3) is 3.31. The minimum absolute atomic E-state index is 0.0803. The Morgan fingerprint density at radius 2 is 2.04 bits per heavy atom. The molecule has 0 N–H and O–H groups in total. The van der Waals surface area contributed by atoms with Gasteiger partial charge in [-0.25, -0.2) is 0 Å². The van der Waals surface area contributed by atoms with Gasteiger partial charge in [0, 0.05) is 22.6 Å². The normalized spacial score (nSPS) is 15.2. The average molecular weight is 413 g/mol. The molecule has 3 aromatic rings. The molecular weight excluding hydrogens is 396 g/mol. The van der Waals surface area contributed by atoms with E-state index in [1.807, 2.05) is 49.6 Å². The SMILES string of the molecule is CCC(=O)N1c2ccccc2-c2nnc(SC)nc2O[C@@H]1c1cccc(Cl)c1. The third-order valence-electron chi connectivity index (χ3n) is 4.40. The van der Waals surface area contributed by atoms with Gasteiger partial charge in [0.25, 0.3) is 0 Å². The highest BCUT2D eigenvalue weighted by molar-refractivity contribution is 7.98. The summed E-state index contributed by atoms with van der Waals surface area (Å²) in [6.07, 6.45) is 1.47. The first-order chi connectivity index (χ1) is 13.6. The fraction of sp³-hybridized carbons (Fsp3) is 0.200. The molecule has 1 aromatic heterocycles. The van der Waals surface area contributed by atoms with Gasteiger partial charge in [0.1, 0.15) is 0 Å². The Balaban J connectivity index is 1.98. The number of fused-ring (bicyclic) bond motifs is 3. The molecule has 0 saturated carbocycles. The fourth-order valence-corrected chi connectivity index (χ4v) is 3.61. The van der Waals surface area contributed by atoms with Crippen LogP contribution in [0.5, 0.6) is 5.88 Å². The second kappa shape index (κ2) is 7.77. The maximum Gasteiger partial charge on any atom is 0.247 e. The van der Waals surface area contributed by atoms with E-state index >= 15 is 0 Å². The molecule has 28 heavy (non-hydrogen) atoms. The van der Waals surface area contributed by atoms with E-state index in [-0.39, 0.29) is 5.91 Å². The largest absolute Gasteiger partial charge is 0.447 e. The van der Waals surface area contributed by atoms with Crippen LogP contribution >= 0.6 is 23.4 Å². The summed E-state index contributed by atoms with van der Waals surface area (Å²) in [5, 5.41) is 9.54.